The minimum absolute atomic E-state index is 0.628. The third kappa shape index (κ3) is 5.71. The van der Waals surface area contributed by atoms with E-state index in [4.69, 9.17) is 35.4 Å². The van der Waals surface area contributed by atoms with Crippen LogP contribution in [0.1, 0.15) is 12.5 Å². The summed E-state index contributed by atoms with van der Waals surface area (Å²) in [6.07, 6.45) is 0.797. The first kappa shape index (κ1) is 15.3. The summed E-state index contributed by atoms with van der Waals surface area (Å²) in [5, 5.41) is 8.14. The SMILES string of the molecule is C=C(C)CNC(=S)NCCc1ccc(Cl)cc1Cl. The molecule has 0 unspecified atom stereocenters. The molecule has 2 nitrogen and oxygen atoms in total. The van der Waals surface area contributed by atoms with Crippen LogP contribution in [0.2, 0.25) is 10.0 Å². The van der Waals surface area contributed by atoms with Crippen molar-refractivity contribution in [3.63, 3.8) is 0 Å². The largest absolute Gasteiger partial charge is 0.362 e. The van der Waals surface area contributed by atoms with Crippen molar-refractivity contribution in [1.29, 1.82) is 0 Å². The minimum Gasteiger partial charge on any atom is -0.362 e. The standard InChI is InChI=1S/C13H16Cl2N2S/c1-9(2)8-17-13(18)16-6-5-10-3-4-11(14)7-12(10)15/h3-4,7H,1,5-6,8H2,2H3,(H2,16,17,18). The lowest BCUT2D eigenvalue weighted by molar-refractivity contribution is 0.834. The van der Waals surface area contributed by atoms with Gasteiger partial charge in [0, 0.05) is 23.1 Å². The van der Waals surface area contributed by atoms with E-state index in [1.54, 1.807) is 6.07 Å². The van der Waals surface area contributed by atoms with Gasteiger partial charge in [-0.05, 0) is 43.3 Å². The van der Waals surface area contributed by atoms with Crippen LogP contribution in [0.4, 0.5) is 0 Å². The van der Waals surface area contributed by atoms with E-state index >= 15 is 0 Å². The van der Waals surface area contributed by atoms with Crippen LogP contribution in [0.3, 0.4) is 0 Å². The zero-order valence-corrected chi connectivity index (χ0v) is 12.6. The zero-order valence-electron chi connectivity index (χ0n) is 10.2. The summed E-state index contributed by atoms with van der Waals surface area (Å²) in [6, 6.07) is 5.51. The highest BCUT2D eigenvalue weighted by Crippen LogP contribution is 2.20. The molecule has 0 bridgehead atoms. The lowest BCUT2D eigenvalue weighted by Crippen LogP contribution is -2.37. The summed E-state index contributed by atoms with van der Waals surface area (Å²) in [7, 11) is 0. The number of hydrogen-bond acceptors (Lipinski definition) is 1. The molecule has 1 aromatic rings. The summed E-state index contributed by atoms with van der Waals surface area (Å²) in [6.45, 7) is 7.16. The fourth-order valence-electron chi connectivity index (χ4n) is 1.33. The second-order valence-electron chi connectivity index (χ2n) is 4.05. The topological polar surface area (TPSA) is 24.1 Å². The van der Waals surface area contributed by atoms with E-state index in [2.05, 4.69) is 17.2 Å². The molecule has 0 spiro atoms. The molecule has 0 atom stereocenters. The number of thiocarbonyl (C=S) groups is 1. The van der Waals surface area contributed by atoms with Crippen molar-refractivity contribution in [3.05, 3.63) is 46.0 Å². The van der Waals surface area contributed by atoms with Crippen molar-refractivity contribution in [2.45, 2.75) is 13.3 Å². The van der Waals surface area contributed by atoms with Gasteiger partial charge in [0.25, 0.3) is 0 Å². The van der Waals surface area contributed by atoms with Gasteiger partial charge in [-0.25, -0.2) is 0 Å². The molecule has 0 aromatic heterocycles. The summed E-state index contributed by atoms with van der Waals surface area (Å²) in [4.78, 5) is 0. The van der Waals surface area contributed by atoms with Crippen molar-refractivity contribution < 1.29 is 0 Å². The van der Waals surface area contributed by atoms with E-state index in [-0.39, 0.29) is 0 Å². The monoisotopic (exact) mass is 302 g/mol. The maximum absolute atomic E-state index is 6.08. The Morgan fingerprint density at radius 3 is 2.67 bits per heavy atom. The second-order valence-corrected chi connectivity index (χ2v) is 5.30. The predicted molar refractivity (Wildman–Crippen MR) is 83.6 cm³/mol. The number of halogens is 2. The van der Waals surface area contributed by atoms with Gasteiger partial charge in [0.05, 0.1) is 0 Å². The Morgan fingerprint density at radius 2 is 2.06 bits per heavy atom. The molecule has 5 heteroatoms. The number of hydrogen-bond donors (Lipinski definition) is 2. The Kier molecular flexibility index (Phi) is 6.47. The van der Waals surface area contributed by atoms with Gasteiger partial charge < -0.3 is 10.6 Å². The Labute approximate surface area is 123 Å². The third-order valence-electron chi connectivity index (χ3n) is 2.25. The number of rotatable bonds is 5. The fraction of sp³-hybridized carbons (Fsp3) is 0.308. The average molecular weight is 303 g/mol. The maximum atomic E-state index is 6.08. The molecule has 98 valence electrons. The first-order valence-electron chi connectivity index (χ1n) is 5.59. The van der Waals surface area contributed by atoms with E-state index in [1.807, 2.05) is 19.1 Å². The predicted octanol–water partition coefficient (Wildman–Crippen LogP) is 3.58. The molecule has 2 N–H and O–H groups in total. The molecule has 0 aliphatic rings. The molecule has 0 fully saturated rings. The lowest BCUT2D eigenvalue weighted by Gasteiger charge is -2.11. The lowest BCUT2D eigenvalue weighted by atomic mass is 10.1. The maximum Gasteiger partial charge on any atom is 0.166 e. The van der Waals surface area contributed by atoms with Crippen molar-refractivity contribution in [3.8, 4) is 0 Å². The summed E-state index contributed by atoms with van der Waals surface area (Å²) < 4.78 is 0. The first-order chi connectivity index (χ1) is 8.49. The average Bonchev–Trinajstić information content (AvgIpc) is 2.29. The normalized spacial score (nSPS) is 9.94. The molecule has 0 saturated heterocycles. The van der Waals surface area contributed by atoms with E-state index < -0.39 is 0 Å². The molecule has 0 radical (unpaired) electrons. The summed E-state index contributed by atoms with van der Waals surface area (Å²) in [5.74, 6) is 0. The molecule has 18 heavy (non-hydrogen) atoms. The van der Waals surface area contributed by atoms with Gasteiger partial charge in [0.1, 0.15) is 0 Å². The molecular weight excluding hydrogens is 287 g/mol. The second kappa shape index (κ2) is 7.62. The van der Waals surface area contributed by atoms with Crippen molar-refractivity contribution in [2.75, 3.05) is 13.1 Å². The zero-order chi connectivity index (χ0) is 13.5. The van der Waals surface area contributed by atoms with Gasteiger partial charge in [0.15, 0.2) is 5.11 Å². The smallest absolute Gasteiger partial charge is 0.166 e. The van der Waals surface area contributed by atoms with E-state index in [1.165, 1.54) is 0 Å². The minimum atomic E-state index is 0.628. The molecule has 0 aliphatic heterocycles. The van der Waals surface area contributed by atoms with Crippen LogP contribution in [0.25, 0.3) is 0 Å². The summed E-state index contributed by atoms with van der Waals surface area (Å²) >= 11 is 17.0. The highest BCUT2D eigenvalue weighted by Gasteiger charge is 2.01. The van der Waals surface area contributed by atoms with Crippen LogP contribution in [-0.4, -0.2) is 18.2 Å². The molecule has 1 rings (SSSR count). The number of nitrogens with one attached hydrogen (secondary N) is 2. The highest BCUT2D eigenvalue weighted by molar-refractivity contribution is 7.80. The number of benzene rings is 1. The van der Waals surface area contributed by atoms with Crippen LogP contribution < -0.4 is 10.6 Å². The van der Waals surface area contributed by atoms with Crippen LogP contribution in [0.15, 0.2) is 30.4 Å². The first-order valence-corrected chi connectivity index (χ1v) is 6.75. The molecule has 0 amide bonds. The van der Waals surface area contributed by atoms with Crippen molar-refractivity contribution in [1.82, 2.24) is 10.6 Å². The van der Waals surface area contributed by atoms with E-state index in [0.29, 0.717) is 21.7 Å². The Morgan fingerprint density at radius 1 is 1.33 bits per heavy atom. The molecule has 1 aromatic carbocycles. The van der Waals surface area contributed by atoms with E-state index in [9.17, 15) is 0 Å². The van der Waals surface area contributed by atoms with Gasteiger partial charge in [-0.1, -0.05) is 41.4 Å². The highest BCUT2D eigenvalue weighted by atomic mass is 35.5. The van der Waals surface area contributed by atoms with Crippen molar-refractivity contribution in [2.24, 2.45) is 0 Å². The van der Waals surface area contributed by atoms with Crippen LogP contribution in [0, 0.1) is 0 Å². The molecule has 0 heterocycles. The van der Waals surface area contributed by atoms with Crippen molar-refractivity contribution >= 4 is 40.5 Å². The van der Waals surface area contributed by atoms with E-state index in [0.717, 1.165) is 24.1 Å². The third-order valence-corrected chi connectivity index (χ3v) is 3.12. The fourth-order valence-corrected chi connectivity index (χ4v) is 2.01. The molecule has 0 saturated carbocycles. The quantitative estimate of drug-likeness (QED) is 0.642. The molecular formula is C13H16Cl2N2S. The van der Waals surface area contributed by atoms with Gasteiger partial charge >= 0.3 is 0 Å². The van der Waals surface area contributed by atoms with Gasteiger partial charge in [0.2, 0.25) is 0 Å². The van der Waals surface area contributed by atoms with Crippen LogP contribution in [0.5, 0.6) is 0 Å². The Hall–Kier alpha value is -0.770. The van der Waals surface area contributed by atoms with Crippen LogP contribution >= 0.6 is 35.4 Å². The summed E-state index contributed by atoms with van der Waals surface area (Å²) in [5.41, 5.74) is 2.09. The Balaban J connectivity index is 2.33. The Bertz CT molecular complexity index is 447. The van der Waals surface area contributed by atoms with Gasteiger partial charge in [-0.3, -0.25) is 0 Å². The molecule has 0 aliphatic carbocycles. The van der Waals surface area contributed by atoms with Gasteiger partial charge in [-0.15, -0.1) is 0 Å². The van der Waals surface area contributed by atoms with Crippen LogP contribution in [-0.2, 0) is 6.42 Å². The van der Waals surface area contributed by atoms with Gasteiger partial charge in [-0.2, -0.15) is 0 Å².